The van der Waals surface area contributed by atoms with Crippen LogP contribution in [-0.2, 0) is 26.7 Å². The number of anilines is 2. The number of hydrogen-bond donors (Lipinski definition) is 2. The Hall–Kier alpha value is -3.68. The molecule has 3 rings (SSSR count). The van der Waals surface area contributed by atoms with Gasteiger partial charge in [0.2, 0.25) is 5.82 Å². The largest absolute Gasteiger partial charge is 0.490 e. The van der Waals surface area contributed by atoms with Gasteiger partial charge in [-0.2, -0.15) is 4.39 Å². The predicted molar refractivity (Wildman–Crippen MR) is 187 cm³/mol. The summed E-state index contributed by atoms with van der Waals surface area (Å²) in [5.74, 6) is -2.06. The summed E-state index contributed by atoms with van der Waals surface area (Å²) in [6.07, 6.45) is 7.18. The molecule has 0 atom stereocenters. The van der Waals surface area contributed by atoms with E-state index in [1.165, 1.54) is 18.2 Å². The lowest BCUT2D eigenvalue weighted by Crippen LogP contribution is -2.42. The van der Waals surface area contributed by atoms with Gasteiger partial charge in [0.15, 0.2) is 28.2 Å². The van der Waals surface area contributed by atoms with Crippen molar-refractivity contribution in [1.82, 2.24) is 0 Å². The smallest absolute Gasteiger partial charge is 0.330 e. The average Bonchev–Trinajstić information content (AvgIpc) is 2.98. The van der Waals surface area contributed by atoms with Crippen molar-refractivity contribution in [3.05, 3.63) is 89.0 Å². The summed E-state index contributed by atoms with van der Waals surface area (Å²) < 4.78 is 52.2. The summed E-state index contributed by atoms with van der Waals surface area (Å²) >= 11 is 0. The van der Waals surface area contributed by atoms with Gasteiger partial charge in [0.05, 0.1) is 13.2 Å². The molecule has 0 unspecified atom stereocenters. The highest BCUT2D eigenvalue weighted by molar-refractivity contribution is 6.84. The molecule has 0 bridgehead atoms. The molecule has 0 fully saturated rings. The van der Waals surface area contributed by atoms with Crippen molar-refractivity contribution in [2.75, 3.05) is 24.7 Å². The monoisotopic (exact) mass is 670 g/mol. The number of ether oxygens (including phenoxy) is 3. The summed E-state index contributed by atoms with van der Waals surface area (Å²) in [6.45, 7) is 11.3. The number of rotatable bonds is 18. The predicted octanol–water partition coefficient (Wildman–Crippen LogP) is 8.50. The van der Waals surface area contributed by atoms with Crippen LogP contribution >= 0.6 is 0 Å². The summed E-state index contributed by atoms with van der Waals surface area (Å²) in [4.78, 5) is 12.1. The molecule has 250 valence electrons. The van der Waals surface area contributed by atoms with E-state index in [9.17, 15) is 13.6 Å². The highest BCUT2D eigenvalue weighted by atomic mass is 28.4. The van der Waals surface area contributed by atoms with Gasteiger partial charge >= 0.3 is 5.97 Å². The minimum absolute atomic E-state index is 0.0861. The van der Waals surface area contributed by atoms with Crippen LogP contribution in [0.15, 0.2) is 60.7 Å². The second kappa shape index (κ2) is 17.3. The van der Waals surface area contributed by atoms with Crippen molar-refractivity contribution in [2.24, 2.45) is 0 Å². The van der Waals surface area contributed by atoms with Crippen molar-refractivity contribution in [3.8, 4) is 11.5 Å². The van der Waals surface area contributed by atoms with Gasteiger partial charge in [-0.25, -0.2) is 9.18 Å². The van der Waals surface area contributed by atoms with Gasteiger partial charge in [-0.1, -0.05) is 18.2 Å². The minimum atomic E-state index is -1.82. The average molecular weight is 671 g/mol. The first-order valence-corrected chi connectivity index (χ1v) is 22.3. The first kappa shape index (κ1) is 36.8. The quantitative estimate of drug-likeness (QED) is 0.0460. The lowest BCUT2D eigenvalue weighted by Gasteiger charge is -2.31. The molecule has 7 nitrogen and oxygen atoms in total. The number of carbonyl (C=O) groups excluding carboxylic acids is 1. The van der Waals surface area contributed by atoms with Gasteiger partial charge in [-0.3, -0.25) is 0 Å². The number of hydrogen-bond acceptors (Lipinski definition) is 7. The zero-order valence-corrected chi connectivity index (χ0v) is 29.7. The van der Waals surface area contributed by atoms with E-state index in [1.54, 1.807) is 36.4 Å². The highest BCUT2D eigenvalue weighted by Gasteiger charge is 2.29. The van der Waals surface area contributed by atoms with Gasteiger partial charge in [0.25, 0.3) is 0 Å². The van der Waals surface area contributed by atoms with Crippen LogP contribution < -0.4 is 20.9 Å². The molecule has 0 aromatic heterocycles. The van der Waals surface area contributed by atoms with Crippen molar-refractivity contribution < 1.29 is 31.9 Å². The number of nitrogens with two attached hydrogens (primary N) is 2. The van der Waals surface area contributed by atoms with Crippen molar-refractivity contribution in [1.29, 1.82) is 0 Å². The fourth-order valence-electron chi connectivity index (χ4n) is 5.01. The topological polar surface area (TPSA) is 106 Å². The molecule has 0 heterocycles. The van der Waals surface area contributed by atoms with E-state index in [-0.39, 0.29) is 17.9 Å². The summed E-state index contributed by atoms with van der Waals surface area (Å²) in [7, 11) is -3.44. The zero-order valence-electron chi connectivity index (χ0n) is 27.7. The lowest BCUT2D eigenvalue weighted by atomic mass is 10.0. The molecule has 3 aromatic carbocycles. The Morgan fingerprint density at radius 3 is 2.22 bits per heavy atom. The standard InChI is InChI=1S/C35H48F2N2O5Si2/c1-45(2,3)44-46(4,5)23-9-22-41-32-19-15-28(34(36)35(32)37)25-43-30-17-11-26(12-18-30)13-20-33(40)42-21-8-6-7-10-27-14-16-29(38)24-31(27)39/h11-20,24H,6-10,21-23,25,38-39H2,1-5H3/b20-13+. The van der Waals surface area contributed by atoms with E-state index in [0.717, 1.165) is 42.9 Å². The first-order valence-electron chi connectivity index (χ1n) is 15.7. The molecule has 46 heavy (non-hydrogen) atoms. The molecule has 0 aliphatic rings. The maximum absolute atomic E-state index is 14.7. The van der Waals surface area contributed by atoms with E-state index in [2.05, 4.69) is 32.7 Å². The molecule has 0 saturated heterocycles. The molecule has 0 aliphatic carbocycles. The van der Waals surface area contributed by atoms with Crippen LogP contribution in [0.3, 0.4) is 0 Å². The molecule has 0 radical (unpaired) electrons. The summed E-state index contributed by atoms with van der Waals surface area (Å²) in [5, 5.41) is 0. The molecule has 4 N–H and O–H groups in total. The molecule has 0 amide bonds. The van der Waals surface area contributed by atoms with Gasteiger partial charge < -0.3 is 29.8 Å². The minimum Gasteiger partial charge on any atom is -0.490 e. The van der Waals surface area contributed by atoms with Crippen LogP contribution in [-0.4, -0.2) is 35.8 Å². The molecular formula is C35H48F2N2O5Si2. The Balaban J connectivity index is 1.36. The third-order valence-corrected chi connectivity index (χ3v) is 13.3. The third-order valence-electron chi connectivity index (χ3n) is 7.08. The molecule has 3 aromatic rings. The fraction of sp³-hybridized carbons (Fsp3) is 0.400. The Kier molecular flexibility index (Phi) is 13.8. The van der Waals surface area contributed by atoms with E-state index < -0.39 is 34.2 Å². The van der Waals surface area contributed by atoms with E-state index in [0.29, 0.717) is 36.8 Å². The summed E-state index contributed by atoms with van der Waals surface area (Å²) in [5.41, 5.74) is 15.0. The van der Waals surface area contributed by atoms with E-state index in [4.69, 9.17) is 29.8 Å². The maximum atomic E-state index is 14.7. The molecule has 0 aliphatic heterocycles. The zero-order chi connectivity index (χ0) is 33.7. The Labute approximate surface area is 274 Å². The van der Waals surface area contributed by atoms with Crippen LogP contribution in [0.1, 0.15) is 42.4 Å². The SMILES string of the molecule is C[Si](C)(C)O[Si](C)(C)CCCOc1ccc(COc2ccc(/C=C/C(=O)OCCCCCc3ccc(N)cc3N)cc2)c(F)c1F. The second-order valence-electron chi connectivity index (χ2n) is 12.9. The fourth-order valence-corrected chi connectivity index (χ4v) is 13.0. The van der Waals surface area contributed by atoms with Crippen LogP contribution in [0.5, 0.6) is 11.5 Å². The van der Waals surface area contributed by atoms with Crippen LogP contribution in [0.25, 0.3) is 6.08 Å². The van der Waals surface area contributed by atoms with Gasteiger partial charge in [-0.15, -0.1) is 0 Å². The number of esters is 1. The second-order valence-corrected chi connectivity index (χ2v) is 22.0. The Morgan fingerprint density at radius 1 is 0.804 bits per heavy atom. The number of benzene rings is 3. The third kappa shape index (κ3) is 13.0. The van der Waals surface area contributed by atoms with E-state index in [1.807, 2.05) is 12.1 Å². The van der Waals surface area contributed by atoms with Gasteiger partial charge in [0.1, 0.15) is 12.4 Å². The van der Waals surface area contributed by atoms with Gasteiger partial charge in [0, 0.05) is 23.0 Å². The molecule has 0 spiro atoms. The van der Waals surface area contributed by atoms with Crippen LogP contribution in [0.2, 0.25) is 38.8 Å². The molecular weight excluding hydrogens is 623 g/mol. The number of carbonyl (C=O) groups is 1. The number of aryl methyl sites for hydroxylation is 1. The number of halogens is 2. The number of unbranched alkanes of at least 4 members (excludes halogenated alkanes) is 2. The summed E-state index contributed by atoms with van der Waals surface area (Å²) in [6, 6.07) is 16.3. The van der Waals surface area contributed by atoms with Crippen LogP contribution in [0.4, 0.5) is 20.2 Å². The first-order chi connectivity index (χ1) is 21.7. The Bertz CT molecular complexity index is 1460. The lowest BCUT2D eigenvalue weighted by molar-refractivity contribution is -0.137. The highest BCUT2D eigenvalue weighted by Crippen LogP contribution is 2.26. The van der Waals surface area contributed by atoms with Gasteiger partial charge in [-0.05, 0) is 124 Å². The van der Waals surface area contributed by atoms with Crippen molar-refractivity contribution in [2.45, 2.75) is 77.5 Å². The Morgan fingerprint density at radius 2 is 1.52 bits per heavy atom. The van der Waals surface area contributed by atoms with Crippen molar-refractivity contribution in [3.63, 3.8) is 0 Å². The van der Waals surface area contributed by atoms with E-state index >= 15 is 0 Å². The normalized spacial score (nSPS) is 12.0. The molecule has 11 heteroatoms. The maximum Gasteiger partial charge on any atom is 0.330 e. The number of nitrogen functional groups attached to an aromatic ring is 2. The molecule has 0 saturated carbocycles. The van der Waals surface area contributed by atoms with Crippen molar-refractivity contribution >= 4 is 40.1 Å². The van der Waals surface area contributed by atoms with Crippen LogP contribution in [0, 0.1) is 11.6 Å².